The Hall–Kier alpha value is -2.24. The van der Waals surface area contributed by atoms with E-state index in [4.69, 9.17) is 24.1 Å². The van der Waals surface area contributed by atoms with E-state index in [2.05, 4.69) is 33.8 Å². The minimum absolute atomic E-state index is 0.0391. The third-order valence-electron chi connectivity index (χ3n) is 5.70. The van der Waals surface area contributed by atoms with Crippen LogP contribution >= 0.6 is 12.6 Å². The van der Waals surface area contributed by atoms with Gasteiger partial charge in [-0.3, -0.25) is 24.0 Å². The molecule has 0 rings (SSSR count). The number of Topliss-reactive ketones (excluding diaryl/α,β-unsaturated/α-hetero) is 1. The summed E-state index contributed by atoms with van der Waals surface area (Å²) in [6, 6.07) is -0.151. The van der Waals surface area contributed by atoms with E-state index < -0.39 is 5.97 Å². The average Bonchev–Trinajstić information content (AvgIpc) is 2.96. The van der Waals surface area contributed by atoms with Crippen LogP contribution in [-0.4, -0.2) is 127 Å². The van der Waals surface area contributed by atoms with Gasteiger partial charge in [0.2, 0.25) is 17.7 Å². The summed E-state index contributed by atoms with van der Waals surface area (Å²) < 4.78 is 21.1. The molecule has 0 bridgehead atoms. The number of nitrogens with one attached hydrogen (secondary N) is 4. The predicted molar refractivity (Wildman–Crippen MR) is 161 cm³/mol. The number of rotatable bonds is 30. The van der Waals surface area contributed by atoms with E-state index in [1.54, 1.807) is 7.98 Å². The van der Waals surface area contributed by atoms with E-state index >= 15 is 0 Å². The van der Waals surface area contributed by atoms with Gasteiger partial charge in [0.1, 0.15) is 19.0 Å². The van der Waals surface area contributed by atoms with Gasteiger partial charge in [0, 0.05) is 38.9 Å². The van der Waals surface area contributed by atoms with Crippen LogP contribution in [0.1, 0.15) is 51.4 Å². The zero-order chi connectivity index (χ0) is 31.3. The van der Waals surface area contributed by atoms with Gasteiger partial charge in [0.15, 0.2) is 7.98 Å². The van der Waals surface area contributed by atoms with Crippen molar-refractivity contribution >= 4 is 50.1 Å². The van der Waals surface area contributed by atoms with Crippen LogP contribution < -0.4 is 21.2 Å². The van der Waals surface area contributed by atoms with Crippen LogP contribution in [0.25, 0.3) is 0 Å². The standard InChI is InChI=1S/C26H49BN4O10S/c27-31-21(22(32)6-4-18-42)5-1-2-9-28-24(34)19-40-16-15-39-13-11-30-25(35)20-41-17-14-38-12-10-29-23(33)7-3-8-26(36)37/h21,31,42H,1-20,27H2,(H,28,34)(H,29,33)(H,30,35)(H,36,37)/t21-/m1/s1. The summed E-state index contributed by atoms with van der Waals surface area (Å²) in [5.41, 5.74) is 0. The monoisotopic (exact) mass is 620 g/mol. The normalized spacial score (nSPS) is 11.5. The van der Waals surface area contributed by atoms with Crippen LogP contribution in [0.4, 0.5) is 0 Å². The highest BCUT2D eigenvalue weighted by molar-refractivity contribution is 7.80. The molecule has 3 amide bonds. The number of carbonyl (C=O) groups is 5. The first-order valence-electron chi connectivity index (χ1n) is 14.4. The molecule has 0 aliphatic heterocycles. The van der Waals surface area contributed by atoms with Gasteiger partial charge in [-0.25, -0.2) is 0 Å². The SMILES string of the molecule is BN[C@H](CCCCNC(=O)COCCOCCNC(=O)COCCOCCNC(=O)CCCC(=O)O)C(=O)CCCS. The second kappa shape index (κ2) is 28.9. The predicted octanol–water partition coefficient (Wildman–Crippen LogP) is -1.39. The summed E-state index contributed by atoms with van der Waals surface area (Å²) in [5.74, 6) is -0.749. The van der Waals surface area contributed by atoms with Crippen LogP contribution in [0.3, 0.4) is 0 Å². The smallest absolute Gasteiger partial charge is 0.303 e. The molecule has 0 aromatic heterocycles. The van der Waals surface area contributed by atoms with E-state index in [0.717, 1.165) is 25.7 Å². The van der Waals surface area contributed by atoms with Crippen molar-refractivity contribution in [2.24, 2.45) is 0 Å². The van der Waals surface area contributed by atoms with Gasteiger partial charge in [-0.1, -0.05) is 0 Å². The molecule has 0 heterocycles. The molecule has 0 unspecified atom stereocenters. The summed E-state index contributed by atoms with van der Waals surface area (Å²) in [7, 11) is 1.78. The summed E-state index contributed by atoms with van der Waals surface area (Å²) in [5, 5.41) is 19.7. The molecular formula is C26H49BN4O10S. The van der Waals surface area contributed by atoms with Crippen molar-refractivity contribution in [2.75, 3.05) is 78.2 Å². The molecule has 0 aromatic rings. The third kappa shape index (κ3) is 26.7. The van der Waals surface area contributed by atoms with Crippen molar-refractivity contribution in [2.45, 2.75) is 57.4 Å². The molecule has 16 heteroatoms. The molecule has 0 spiro atoms. The molecule has 0 aromatic carbocycles. The summed E-state index contributed by atoms with van der Waals surface area (Å²) in [6.45, 7) is 2.54. The van der Waals surface area contributed by atoms with Gasteiger partial charge in [0.25, 0.3) is 0 Å². The van der Waals surface area contributed by atoms with E-state index in [0.29, 0.717) is 38.2 Å². The Labute approximate surface area is 254 Å². The lowest BCUT2D eigenvalue weighted by atomic mass is 10.0. The molecule has 0 saturated heterocycles. The Morgan fingerprint density at radius 2 is 1.19 bits per heavy atom. The number of ether oxygens (including phenoxy) is 4. The molecule has 0 fully saturated rings. The number of carbonyl (C=O) groups excluding carboxylic acids is 4. The molecule has 0 aliphatic carbocycles. The largest absolute Gasteiger partial charge is 0.481 e. The molecular weight excluding hydrogens is 571 g/mol. The zero-order valence-electron chi connectivity index (χ0n) is 24.8. The second-order valence-corrected chi connectivity index (χ2v) is 9.70. The van der Waals surface area contributed by atoms with Gasteiger partial charge in [-0.15, -0.1) is 0 Å². The summed E-state index contributed by atoms with van der Waals surface area (Å²) in [4.78, 5) is 57.5. The number of ketones is 1. The maximum atomic E-state index is 12.1. The quantitative estimate of drug-likeness (QED) is 0.0315. The lowest BCUT2D eigenvalue weighted by Crippen LogP contribution is -2.35. The molecule has 0 aliphatic rings. The highest BCUT2D eigenvalue weighted by Crippen LogP contribution is 2.05. The van der Waals surface area contributed by atoms with Crippen molar-refractivity contribution in [1.29, 1.82) is 0 Å². The molecule has 5 N–H and O–H groups in total. The lowest BCUT2D eigenvalue weighted by molar-refractivity contribution is -0.137. The fraction of sp³-hybridized carbons (Fsp3) is 0.808. The number of carboxylic acids is 1. The number of hydrogen-bond donors (Lipinski definition) is 6. The number of thiol groups is 1. The van der Waals surface area contributed by atoms with Gasteiger partial charge in [-0.05, 0) is 37.9 Å². The summed E-state index contributed by atoms with van der Waals surface area (Å²) in [6.07, 6.45) is 4.06. The minimum Gasteiger partial charge on any atom is -0.481 e. The Kier molecular flexibility index (Phi) is 27.3. The first-order chi connectivity index (χ1) is 20.3. The fourth-order valence-corrected chi connectivity index (χ4v) is 3.64. The molecule has 242 valence electrons. The maximum Gasteiger partial charge on any atom is 0.303 e. The molecule has 0 saturated carbocycles. The average molecular weight is 621 g/mol. The Balaban J connectivity index is 3.47. The number of hydrogen-bond acceptors (Lipinski definition) is 11. The van der Waals surface area contributed by atoms with Crippen molar-refractivity contribution in [1.82, 2.24) is 21.2 Å². The van der Waals surface area contributed by atoms with Crippen molar-refractivity contribution in [3.63, 3.8) is 0 Å². The first kappa shape index (κ1) is 39.8. The van der Waals surface area contributed by atoms with Gasteiger partial charge < -0.3 is 45.2 Å². The van der Waals surface area contributed by atoms with Crippen LogP contribution in [0.2, 0.25) is 0 Å². The van der Waals surface area contributed by atoms with Crippen molar-refractivity contribution < 1.29 is 48.0 Å². The molecule has 42 heavy (non-hydrogen) atoms. The third-order valence-corrected chi connectivity index (χ3v) is 6.02. The number of aliphatic carboxylic acids is 1. The fourth-order valence-electron chi connectivity index (χ4n) is 3.48. The maximum absolute atomic E-state index is 12.1. The van der Waals surface area contributed by atoms with Crippen LogP contribution in [-0.2, 0) is 42.9 Å². The van der Waals surface area contributed by atoms with Gasteiger partial charge >= 0.3 is 5.97 Å². The van der Waals surface area contributed by atoms with E-state index in [-0.39, 0.29) is 95.2 Å². The van der Waals surface area contributed by atoms with Crippen molar-refractivity contribution in [3.8, 4) is 0 Å². The number of carboxylic acid groups (broad SMARTS) is 1. The highest BCUT2D eigenvalue weighted by Gasteiger charge is 2.14. The minimum atomic E-state index is -0.928. The first-order valence-corrected chi connectivity index (χ1v) is 15.1. The van der Waals surface area contributed by atoms with Crippen molar-refractivity contribution in [3.05, 3.63) is 0 Å². The van der Waals surface area contributed by atoms with Crippen LogP contribution in [0.5, 0.6) is 0 Å². The van der Waals surface area contributed by atoms with E-state index in [9.17, 15) is 24.0 Å². The number of unbranched alkanes of at least 4 members (excludes halogenated alkanes) is 1. The Morgan fingerprint density at radius 1 is 0.643 bits per heavy atom. The summed E-state index contributed by atoms with van der Waals surface area (Å²) >= 11 is 4.13. The number of amides is 3. The highest BCUT2D eigenvalue weighted by atomic mass is 32.1. The van der Waals surface area contributed by atoms with Crippen LogP contribution in [0, 0.1) is 0 Å². The lowest BCUT2D eigenvalue weighted by Gasteiger charge is -2.15. The molecule has 14 nitrogen and oxygen atoms in total. The van der Waals surface area contributed by atoms with Gasteiger partial charge in [-0.2, -0.15) is 12.6 Å². The molecule has 1 atom stereocenters. The van der Waals surface area contributed by atoms with Crippen LogP contribution in [0.15, 0.2) is 0 Å². The Bertz CT molecular complexity index is 767. The zero-order valence-corrected chi connectivity index (χ0v) is 25.7. The van der Waals surface area contributed by atoms with E-state index in [1.165, 1.54) is 0 Å². The second-order valence-electron chi connectivity index (χ2n) is 9.26. The molecule has 0 radical (unpaired) electrons. The topological polar surface area (TPSA) is 191 Å². The van der Waals surface area contributed by atoms with Gasteiger partial charge in [0.05, 0.1) is 45.7 Å². The Morgan fingerprint density at radius 3 is 1.74 bits per heavy atom. The van der Waals surface area contributed by atoms with E-state index in [1.807, 2.05) is 0 Å².